The monoisotopic (exact) mass is 434 g/mol. The first-order valence-electron chi connectivity index (χ1n) is 9.86. The summed E-state index contributed by atoms with van der Waals surface area (Å²) < 4.78 is 46.7. The molecular weight excluding hydrogens is 417 g/mol. The molecule has 0 N–H and O–H groups in total. The largest absolute Gasteiger partial charge is 0.495 e. The van der Waals surface area contributed by atoms with Crippen molar-refractivity contribution in [2.45, 2.75) is 13.1 Å². The van der Waals surface area contributed by atoms with E-state index >= 15 is 0 Å². The fourth-order valence-corrected chi connectivity index (χ4v) is 4.06. The van der Waals surface area contributed by atoms with Crippen molar-refractivity contribution in [2.75, 3.05) is 7.11 Å². The van der Waals surface area contributed by atoms with Gasteiger partial charge in [-0.3, -0.25) is 4.79 Å². The lowest BCUT2D eigenvalue weighted by Crippen LogP contribution is -2.04. The van der Waals surface area contributed by atoms with E-state index in [1.807, 2.05) is 23.8 Å². The normalized spacial score (nSPS) is 12.6. The maximum atomic E-state index is 13.2. The number of imidazole rings is 1. The number of hydrogen-bond acceptors (Lipinski definition) is 3. The van der Waals surface area contributed by atoms with Gasteiger partial charge in [0.2, 0.25) is 0 Å². The Morgan fingerprint density at radius 3 is 2.34 bits per heavy atom. The molecule has 1 aliphatic carbocycles. The molecule has 160 valence electrons. The summed E-state index contributed by atoms with van der Waals surface area (Å²) in [7, 11) is 1.54. The molecule has 0 spiro atoms. The number of aromatic nitrogens is 2. The lowest BCUT2D eigenvalue weighted by atomic mass is 9.97. The Labute approximate surface area is 181 Å². The first kappa shape index (κ1) is 20.1. The van der Waals surface area contributed by atoms with Crippen LogP contribution in [0.25, 0.3) is 27.9 Å². The lowest BCUT2D eigenvalue weighted by molar-refractivity contribution is -0.137. The number of alkyl halides is 3. The molecule has 1 heterocycles. The van der Waals surface area contributed by atoms with Gasteiger partial charge in [-0.05, 0) is 59.5 Å². The fourth-order valence-electron chi connectivity index (χ4n) is 4.06. The number of ketones is 1. The van der Waals surface area contributed by atoms with Crippen LogP contribution in [-0.4, -0.2) is 22.4 Å². The van der Waals surface area contributed by atoms with Gasteiger partial charge in [-0.25, -0.2) is 4.98 Å². The van der Waals surface area contributed by atoms with Gasteiger partial charge < -0.3 is 9.30 Å². The second-order valence-corrected chi connectivity index (χ2v) is 7.66. The van der Waals surface area contributed by atoms with Crippen LogP contribution in [0.3, 0.4) is 0 Å². The maximum absolute atomic E-state index is 13.2. The lowest BCUT2D eigenvalue weighted by Gasteiger charge is -2.12. The third-order valence-electron chi connectivity index (χ3n) is 5.63. The van der Waals surface area contributed by atoms with Crippen LogP contribution in [0.15, 0.2) is 67.1 Å². The molecule has 32 heavy (non-hydrogen) atoms. The highest BCUT2D eigenvalue weighted by Gasteiger charge is 2.31. The zero-order valence-electron chi connectivity index (χ0n) is 17.2. The first-order valence-corrected chi connectivity index (χ1v) is 9.86. The summed E-state index contributed by atoms with van der Waals surface area (Å²) in [6, 6.07) is 13.8. The number of rotatable bonds is 3. The van der Waals surface area contributed by atoms with E-state index in [2.05, 4.69) is 4.98 Å². The van der Waals surface area contributed by atoms with Gasteiger partial charge >= 0.3 is 6.18 Å². The molecular formula is C25H17F3N2O2. The van der Waals surface area contributed by atoms with Gasteiger partial charge in [0, 0.05) is 17.3 Å². The molecule has 0 saturated carbocycles. The smallest absolute Gasteiger partial charge is 0.416 e. The number of carbonyl (C=O) groups excluding carboxylic acids is 1. The highest BCUT2D eigenvalue weighted by molar-refractivity contribution is 6.22. The third-order valence-corrected chi connectivity index (χ3v) is 5.63. The summed E-state index contributed by atoms with van der Waals surface area (Å²) in [5.41, 5.74) is 4.25. The summed E-state index contributed by atoms with van der Waals surface area (Å²) in [5, 5.41) is 0. The van der Waals surface area contributed by atoms with E-state index in [-0.39, 0.29) is 5.78 Å². The average Bonchev–Trinajstić information content (AvgIpc) is 3.33. The highest BCUT2D eigenvalue weighted by Crippen LogP contribution is 2.43. The Bertz CT molecular complexity index is 1390. The van der Waals surface area contributed by atoms with E-state index in [1.54, 1.807) is 36.7 Å². The molecule has 0 fully saturated rings. The van der Waals surface area contributed by atoms with Crippen molar-refractivity contribution in [3.63, 3.8) is 0 Å². The molecule has 0 bridgehead atoms. The van der Waals surface area contributed by atoms with Crippen molar-refractivity contribution in [1.82, 2.24) is 9.55 Å². The fraction of sp³-hybridized carbons (Fsp3) is 0.120. The van der Waals surface area contributed by atoms with Crippen LogP contribution in [0.1, 0.15) is 27.2 Å². The Morgan fingerprint density at radius 2 is 1.66 bits per heavy atom. The van der Waals surface area contributed by atoms with E-state index in [0.29, 0.717) is 28.0 Å². The van der Waals surface area contributed by atoms with Crippen LogP contribution in [0.4, 0.5) is 13.2 Å². The number of benzene rings is 3. The molecule has 1 aromatic heterocycles. The van der Waals surface area contributed by atoms with Crippen molar-refractivity contribution in [3.05, 3.63) is 89.5 Å². The number of aryl methyl sites for hydroxylation is 1. The second kappa shape index (κ2) is 7.09. The van der Waals surface area contributed by atoms with Gasteiger partial charge in [0.05, 0.1) is 30.4 Å². The Balaban J connectivity index is 1.62. The minimum atomic E-state index is -4.43. The van der Waals surface area contributed by atoms with Crippen LogP contribution in [0.5, 0.6) is 5.75 Å². The molecule has 0 amide bonds. The minimum absolute atomic E-state index is 0.185. The number of carbonyl (C=O) groups is 1. The number of fused-ring (bicyclic) bond motifs is 3. The van der Waals surface area contributed by atoms with Gasteiger partial charge in [-0.1, -0.05) is 24.3 Å². The number of methoxy groups -OCH3 is 1. The quantitative estimate of drug-likeness (QED) is 0.345. The van der Waals surface area contributed by atoms with Crippen LogP contribution < -0.4 is 4.74 Å². The number of ether oxygens (including phenoxy) is 1. The molecule has 3 aromatic carbocycles. The predicted octanol–water partition coefficient (Wildman–Crippen LogP) is 6.09. The Hall–Kier alpha value is -3.87. The van der Waals surface area contributed by atoms with Crippen LogP contribution in [-0.2, 0) is 6.18 Å². The summed E-state index contributed by atoms with van der Waals surface area (Å²) >= 11 is 0. The molecule has 5 rings (SSSR count). The average molecular weight is 434 g/mol. The molecule has 4 aromatic rings. The van der Waals surface area contributed by atoms with E-state index in [0.717, 1.165) is 34.6 Å². The van der Waals surface area contributed by atoms with Gasteiger partial charge in [0.25, 0.3) is 0 Å². The molecule has 0 radical (unpaired) electrons. The van der Waals surface area contributed by atoms with Gasteiger partial charge in [-0.15, -0.1) is 0 Å². The zero-order valence-corrected chi connectivity index (χ0v) is 17.2. The van der Waals surface area contributed by atoms with Crippen molar-refractivity contribution in [2.24, 2.45) is 0 Å². The summed E-state index contributed by atoms with van der Waals surface area (Å²) in [5.74, 6) is 0.343. The van der Waals surface area contributed by atoms with Crippen molar-refractivity contribution >= 4 is 5.78 Å². The minimum Gasteiger partial charge on any atom is -0.495 e. The molecule has 0 unspecified atom stereocenters. The highest BCUT2D eigenvalue weighted by atomic mass is 19.4. The van der Waals surface area contributed by atoms with Crippen LogP contribution >= 0.6 is 0 Å². The topological polar surface area (TPSA) is 44.1 Å². The standard InChI is InChI=1S/C25H17F3N2O2/c1-14-12-30(13-29-14)22-10-19-18-7-6-16(15-4-3-5-17(8-15)25(26,27)28)9-20(18)24(31)21(19)11-23(22)32-2/h3-13H,1-2H3. The van der Waals surface area contributed by atoms with E-state index < -0.39 is 11.7 Å². The number of halogens is 3. The molecule has 4 nitrogen and oxygen atoms in total. The summed E-state index contributed by atoms with van der Waals surface area (Å²) in [4.78, 5) is 17.4. The zero-order chi connectivity index (χ0) is 22.6. The first-order chi connectivity index (χ1) is 15.3. The molecule has 0 saturated heterocycles. The van der Waals surface area contributed by atoms with Crippen molar-refractivity contribution in [3.8, 4) is 33.7 Å². The Kier molecular flexibility index (Phi) is 4.44. The second-order valence-electron chi connectivity index (χ2n) is 7.66. The molecule has 0 aliphatic heterocycles. The summed E-state index contributed by atoms with van der Waals surface area (Å²) in [6.45, 7) is 1.88. The van der Waals surface area contributed by atoms with Crippen molar-refractivity contribution in [1.29, 1.82) is 0 Å². The predicted molar refractivity (Wildman–Crippen MR) is 114 cm³/mol. The number of hydrogen-bond donors (Lipinski definition) is 0. The molecule has 7 heteroatoms. The van der Waals surface area contributed by atoms with Crippen molar-refractivity contribution < 1.29 is 22.7 Å². The van der Waals surface area contributed by atoms with E-state index in [9.17, 15) is 18.0 Å². The molecule has 0 atom stereocenters. The van der Waals surface area contributed by atoms with E-state index in [1.165, 1.54) is 13.2 Å². The van der Waals surface area contributed by atoms with Crippen LogP contribution in [0.2, 0.25) is 0 Å². The molecule has 1 aliphatic rings. The SMILES string of the molecule is COc1cc2c(cc1-n1cnc(C)c1)-c1ccc(-c3cccc(C(F)(F)F)c3)cc1C2=O. The van der Waals surface area contributed by atoms with Gasteiger partial charge in [-0.2, -0.15) is 13.2 Å². The number of nitrogens with zero attached hydrogens (tertiary/aromatic N) is 2. The Morgan fingerprint density at radius 1 is 0.906 bits per heavy atom. The van der Waals surface area contributed by atoms with Gasteiger partial charge in [0.15, 0.2) is 5.78 Å². The maximum Gasteiger partial charge on any atom is 0.416 e. The van der Waals surface area contributed by atoms with E-state index in [4.69, 9.17) is 4.74 Å². The summed E-state index contributed by atoms with van der Waals surface area (Å²) in [6.07, 6.45) is -0.899. The third kappa shape index (κ3) is 3.17. The van der Waals surface area contributed by atoms with Crippen LogP contribution in [0, 0.1) is 6.92 Å². The van der Waals surface area contributed by atoms with Gasteiger partial charge in [0.1, 0.15) is 5.75 Å².